The predicted octanol–water partition coefficient (Wildman–Crippen LogP) is 1.95. The molecular formula is C16H20FN3O2. The molecular weight excluding hydrogens is 285 g/mol. The van der Waals surface area contributed by atoms with Gasteiger partial charge in [-0.1, -0.05) is 12.1 Å². The summed E-state index contributed by atoms with van der Waals surface area (Å²) < 4.78 is 12.8. The van der Waals surface area contributed by atoms with Gasteiger partial charge in [-0.3, -0.25) is 9.89 Å². The van der Waals surface area contributed by atoms with Crippen molar-refractivity contribution in [2.45, 2.75) is 32.8 Å². The number of nitrogens with one attached hydrogen (secondary N) is 2. The van der Waals surface area contributed by atoms with Crippen LogP contribution in [0.3, 0.4) is 0 Å². The molecule has 0 spiro atoms. The summed E-state index contributed by atoms with van der Waals surface area (Å²) >= 11 is 0. The van der Waals surface area contributed by atoms with Crippen LogP contribution in [0.15, 0.2) is 24.3 Å². The van der Waals surface area contributed by atoms with Gasteiger partial charge in [-0.15, -0.1) is 0 Å². The van der Waals surface area contributed by atoms with Gasteiger partial charge in [0.05, 0.1) is 11.8 Å². The molecule has 0 bridgehead atoms. The van der Waals surface area contributed by atoms with Crippen molar-refractivity contribution in [3.63, 3.8) is 0 Å². The Morgan fingerprint density at radius 2 is 2.05 bits per heavy atom. The zero-order valence-corrected chi connectivity index (χ0v) is 12.7. The van der Waals surface area contributed by atoms with Crippen LogP contribution in [0.5, 0.6) is 0 Å². The molecule has 118 valence electrons. The first-order valence-electron chi connectivity index (χ1n) is 7.18. The van der Waals surface area contributed by atoms with Crippen LogP contribution in [-0.2, 0) is 11.2 Å². The third-order valence-electron chi connectivity index (χ3n) is 3.63. The smallest absolute Gasteiger partial charge is 0.220 e. The van der Waals surface area contributed by atoms with Crippen LogP contribution in [0.25, 0.3) is 0 Å². The molecule has 2 aromatic rings. The van der Waals surface area contributed by atoms with Crippen LogP contribution in [-0.4, -0.2) is 27.8 Å². The van der Waals surface area contributed by atoms with Crippen molar-refractivity contribution in [2.24, 2.45) is 0 Å². The van der Waals surface area contributed by atoms with Crippen molar-refractivity contribution in [3.05, 3.63) is 52.6 Å². The van der Waals surface area contributed by atoms with E-state index < -0.39 is 6.10 Å². The average Bonchev–Trinajstić information content (AvgIpc) is 2.82. The number of carbonyl (C=O) groups excluding carboxylic acids is 1. The molecule has 0 fully saturated rings. The fraction of sp³-hybridized carbons (Fsp3) is 0.375. The lowest BCUT2D eigenvalue weighted by atomic mass is 10.1. The van der Waals surface area contributed by atoms with Gasteiger partial charge in [-0.2, -0.15) is 5.10 Å². The first-order valence-corrected chi connectivity index (χ1v) is 7.18. The second-order valence-electron chi connectivity index (χ2n) is 5.28. The molecule has 6 heteroatoms. The third kappa shape index (κ3) is 4.14. The Kier molecular flexibility index (Phi) is 5.27. The molecule has 0 radical (unpaired) electrons. The number of nitrogens with zero attached hydrogens (tertiary/aromatic N) is 1. The number of hydrogen-bond donors (Lipinski definition) is 3. The maximum absolute atomic E-state index is 12.8. The first kappa shape index (κ1) is 16.2. The Labute approximate surface area is 128 Å². The number of hydrogen-bond acceptors (Lipinski definition) is 3. The Hall–Kier alpha value is -2.21. The number of aromatic amines is 1. The van der Waals surface area contributed by atoms with E-state index in [2.05, 4.69) is 15.5 Å². The lowest BCUT2D eigenvalue weighted by Crippen LogP contribution is -2.28. The Morgan fingerprint density at radius 3 is 2.64 bits per heavy atom. The monoisotopic (exact) mass is 305 g/mol. The van der Waals surface area contributed by atoms with E-state index in [0.29, 0.717) is 18.4 Å². The average molecular weight is 305 g/mol. The molecule has 22 heavy (non-hydrogen) atoms. The molecule has 1 amide bonds. The molecule has 0 saturated carbocycles. The molecule has 5 nitrogen and oxygen atoms in total. The summed E-state index contributed by atoms with van der Waals surface area (Å²) in [7, 11) is 0. The fourth-order valence-corrected chi connectivity index (χ4v) is 2.28. The fourth-order valence-electron chi connectivity index (χ4n) is 2.28. The van der Waals surface area contributed by atoms with E-state index in [1.807, 2.05) is 13.8 Å². The number of carbonyl (C=O) groups is 1. The summed E-state index contributed by atoms with van der Waals surface area (Å²) in [4.78, 5) is 11.8. The first-order chi connectivity index (χ1) is 10.5. The van der Waals surface area contributed by atoms with Crippen molar-refractivity contribution < 1.29 is 14.3 Å². The largest absolute Gasteiger partial charge is 0.387 e. The van der Waals surface area contributed by atoms with E-state index in [9.17, 15) is 14.3 Å². The normalized spacial score (nSPS) is 12.2. The van der Waals surface area contributed by atoms with Crippen molar-refractivity contribution in [1.29, 1.82) is 0 Å². The summed E-state index contributed by atoms with van der Waals surface area (Å²) in [6.07, 6.45) is 0.0891. The Bertz CT molecular complexity index is 618. The highest BCUT2D eigenvalue weighted by atomic mass is 19.1. The second kappa shape index (κ2) is 7.17. The van der Waals surface area contributed by atoms with E-state index in [0.717, 1.165) is 17.0 Å². The minimum atomic E-state index is -0.845. The van der Waals surface area contributed by atoms with Crippen LogP contribution in [0.4, 0.5) is 4.39 Å². The second-order valence-corrected chi connectivity index (χ2v) is 5.28. The molecule has 0 aliphatic rings. The molecule has 1 aromatic carbocycles. The topological polar surface area (TPSA) is 78.0 Å². The summed E-state index contributed by atoms with van der Waals surface area (Å²) in [5, 5.41) is 19.6. The van der Waals surface area contributed by atoms with Crippen LogP contribution < -0.4 is 5.32 Å². The maximum atomic E-state index is 12.8. The molecule has 0 saturated heterocycles. The van der Waals surface area contributed by atoms with Crippen molar-refractivity contribution in [3.8, 4) is 0 Å². The van der Waals surface area contributed by atoms with Crippen molar-refractivity contribution >= 4 is 5.91 Å². The lowest BCUT2D eigenvalue weighted by molar-refractivity contribution is -0.121. The summed E-state index contributed by atoms with van der Waals surface area (Å²) in [5.74, 6) is -0.494. The van der Waals surface area contributed by atoms with Gasteiger partial charge in [-0.25, -0.2) is 4.39 Å². The van der Waals surface area contributed by atoms with Gasteiger partial charge >= 0.3 is 0 Å². The quantitative estimate of drug-likeness (QED) is 0.763. The summed E-state index contributed by atoms with van der Waals surface area (Å²) in [6.45, 7) is 3.92. The van der Waals surface area contributed by atoms with Gasteiger partial charge in [0.2, 0.25) is 5.91 Å². The minimum Gasteiger partial charge on any atom is -0.387 e. The SMILES string of the molecule is Cc1n[nH]c(C)c1CCC(=O)NCC(O)c1ccc(F)cc1. The van der Waals surface area contributed by atoms with Crippen LogP contribution in [0.2, 0.25) is 0 Å². The standard InChI is InChI=1S/C16H20FN3O2/c1-10-14(11(2)20-19-10)7-8-16(22)18-9-15(21)12-3-5-13(17)6-4-12/h3-6,15,21H,7-9H2,1-2H3,(H,18,22)(H,19,20). The molecule has 1 aromatic heterocycles. The van der Waals surface area contributed by atoms with E-state index in [1.165, 1.54) is 24.3 Å². The molecule has 1 unspecified atom stereocenters. The number of aryl methyl sites for hydroxylation is 2. The zero-order chi connectivity index (χ0) is 16.1. The van der Waals surface area contributed by atoms with E-state index in [4.69, 9.17) is 0 Å². The Morgan fingerprint density at radius 1 is 1.36 bits per heavy atom. The van der Waals surface area contributed by atoms with Gasteiger partial charge in [0.1, 0.15) is 5.82 Å². The molecule has 0 aliphatic heterocycles. The summed E-state index contributed by atoms with van der Waals surface area (Å²) in [6, 6.07) is 5.57. The highest BCUT2D eigenvalue weighted by Gasteiger charge is 2.12. The molecule has 3 N–H and O–H groups in total. The maximum Gasteiger partial charge on any atom is 0.220 e. The lowest BCUT2D eigenvalue weighted by Gasteiger charge is -2.12. The highest BCUT2D eigenvalue weighted by molar-refractivity contribution is 5.76. The Balaban J connectivity index is 1.79. The van der Waals surface area contributed by atoms with Crippen LogP contribution in [0, 0.1) is 19.7 Å². The predicted molar refractivity (Wildman–Crippen MR) is 80.8 cm³/mol. The molecule has 1 heterocycles. The number of halogens is 1. The third-order valence-corrected chi connectivity index (χ3v) is 3.63. The number of benzene rings is 1. The molecule has 0 aliphatic carbocycles. The van der Waals surface area contributed by atoms with Crippen molar-refractivity contribution in [1.82, 2.24) is 15.5 Å². The number of rotatable bonds is 6. The van der Waals surface area contributed by atoms with E-state index >= 15 is 0 Å². The van der Waals surface area contributed by atoms with Gasteiger partial charge in [-0.05, 0) is 43.5 Å². The van der Waals surface area contributed by atoms with Gasteiger partial charge < -0.3 is 10.4 Å². The minimum absolute atomic E-state index is 0.105. The molecule has 1 atom stereocenters. The number of aliphatic hydroxyl groups is 1. The van der Waals surface area contributed by atoms with E-state index in [-0.39, 0.29) is 18.3 Å². The van der Waals surface area contributed by atoms with Crippen LogP contribution >= 0.6 is 0 Å². The number of aromatic nitrogens is 2. The van der Waals surface area contributed by atoms with Gasteiger partial charge in [0.15, 0.2) is 0 Å². The van der Waals surface area contributed by atoms with Gasteiger partial charge in [0.25, 0.3) is 0 Å². The zero-order valence-electron chi connectivity index (χ0n) is 12.7. The number of aliphatic hydroxyl groups excluding tert-OH is 1. The van der Waals surface area contributed by atoms with Crippen LogP contribution in [0.1, 0.15) is 35.0 Å². The number of amides is 1. The number of H-pyrrole nitrogens is 1. The van der Waals surface area contributed by atoms with E-state index in [1.54, 1.807) is 0 Å². The highest BCUT2D eigenvalue weighted by Crippen LogP contribution is 2.13. The van der Waals surface area contributed by atoms with Crippen molar-refractivity contribution in [2.75, 3.05) is 6.54 Å². The van der Waals surface area contributed by atoms with Gasteiger partial charge in [0, 0.05) is 18.7 Å². The molecule has 2 rings (SSSR count). The summed E-state index contributed by atoms with van der Waals surface area (Å²) in [5.41, 5.74) is 3.49.